The topological polar surface area (TPSA) is 83.8 Å². The minimum Gasteiger partial charge on any atom is -0.358 e. The number of amides is 1. The summed E-state index contributed by atoms with van der Waals surface area (Å²) in [4.78, 5) is 17.7. The van der Waals surface area contributed by atoms with Crippen LogP contribution in [0.3, 0.4) is 0 Å². The Hall–Kier alpha value is -1.36. The molecule has 0 aromatic carbocycles. The number of nitrogens with one attached hydrogen (secondary N) is 2. The van der Waals surface area contributed by atoms with E-state index < -0.39 is 6.04 Å². The van der Waals surface area contributed by atoms with E-state index in [0.717, 1.165) is 5.69 Å². The molecule has 0 saturated carbocycles. The van der Waals surface area contributed by atoms with Crippen molar-refractivity contribution >= 4 is 5.91 Å². The van der Waals surface area contributed by atoms with Gasteiger partial charge in [0.05, 0.1) is 12.4 Å². The number of hydrogen-bond donors (Lipinski definition) is 3. The maximum absolute atomic E-state index is 11.0. The maximum atomic E-state index is 11.0. The number of nitrogens with zero attached hydrogens (tertiary/aromatic N) is 1. The number of aromatic nitrogens is 2. The van der Waals surface area contributed by atoms with E-state index >= 15 is 0 Å². The Kier molecular flexibility index (Phi) is 2.82. The van der Waals surface area contributed by atoms with Gasteiger partial charge in [-0.25, -0.2) is 4.98 Å². The summed E-state index contributed by atoms with van der Waals surface area (Å²) in [6, 6.07) is -0.504. The van der Waals surface area contributed by atoms with Crippen molar-refractivity contribution in [3.63, 3.8) is 0 Å². The summed E-state index contributed by atoms with van der Waals surface area (Å²) in [5, 5.41) is 2.48. The first kappa shape index (κ1) is 8.73. The average molecular weight is 168 g/mol. The minimum absolute atomic E-state index is 0.162. The molecule has 5 heteroatoms. The average Bonchev–Trinajstić information content (AvgIpc) is 2.55. The zero-order valence-corrected chi connectivity index (χ0v) is 6.87. The molecular formula is C7H12N4O. The molecule has 0 saturated heterocycles. The molecule has 12 heavy (non-hydrogen) atoms. The molecule has 1 atom stereocenters. The molecule has 0 fully saturated rings. The van der Waals surface area contributed by atoms with Crippen LogP contribution in [0.1, 0.15) is 5.69 Å². The second-order valence-corrected chi connectivity index (χ2v) is 2.50. The molecule has 1 rings (SSSR count). The zero-order valence-electron chi connectivity index (χ0n) is 6.87. The quantitative estimate of drug-likeness (QED) is 0.542. The number of carbonyl (C=O) groups is 1. The molecule has 1 aromatic heterocycles. The van der Waals surface area contributed by atoms with Gasteiger partial charge in [-0.05, 0) is 0 Å². The summed E-state index contributed by atoms with van der Waals surface area (Å²) in [6.45, 7) is 0. The number of aromatic amines is 1. The van der Waals surface area contributed by atoms with Crippen LogP contribution in [-0.2, 0) is 11.2 Å². The predicted molar refractivity (Wildman–Crippen MR) is 44.3 cm³/mol. The van der Waals surface area contributed by atoms with E-state index in [0.29, 0.717) is 6.42 Å². The van der Waals surface area contributed by atoms with Crippen molar-refractivity contribution in [3.05, 3.63) is 18.2 Å². The maximum Gasteiger partial charge on any atom is 0.237 e. The standard InChI is InChI=1S/C7H12N4O/c1-9-7(12)6(8)2-5-3-10-4-11-5/h3-4,6H,2,8H2,1H3,(H,9,12)(H,10,11)/t6-/m0/s1. The van der Waals surface area contributed by atoms with Crippen molar-refractivity contribution in [2.75, 3.05) is 7.05 Å². The van der Waals surface area contributed by atoms with Crippen LogP contribution in [0.25, 0.3) is 0 Å². The molecule has 1 aromatic rings. The minimum atomic E-state index is -0.504. The van der Waals surface area contributed by atoms with E-state index in [1.807, 2.05) is 0 Å². The number of rotatable bonds is 3. The molecule has 0 unspecified atom stereocenters. The van der Waals surface area contributed by atoms with E-state index in [1.54, 1.807) is 19.6 Å². The lowest BCUT2D eigenvalue weighted by Crippen LogP contribution is -2.40. The molecule has 1 heterocycles. The fraction of sp³-hybridized carbons (Fsp3) is 0.429. The van der Waals surface area contributed by atoms with Crippen LogP contribution in [-0.4, -0.2) is 29.0 Å². The van der Waals surface area contributed by atoms with E-state index in [1.165, 1.54) is 0 Å². The normalized spacial score (nSPS) is 12.5. The van der Waals surface area contributed by atoms with Gasteiger partial charge in [-0.1, -0.05) is 0 Å². The summed E-state index contributed by atoms with van der Waals surface area (Å²) < 4.78 is 0. The summed E-state index contributed by atoms with van der Waals surface area (Å²) in [5.41, 5.74) is 6.43. The van der Waals surface area contributed by atoms with Crippen LogP contribution >= 0.6 is 0 Å². The molecule has 0 radical (unpaired) electrons. The molecule has 0 bridgehead atoms. The van der Waals surface area contributed by atoms with Crippen LogP contribution in [0.5, 0.6) is 0 Å². The second kappa shape index (κ2) is 3.87. The van der Waals surface area contributed by atoms with Gasteiger partial charge in [-0.15, -0.1) is 0 Å². The van der Waals surface area contributed by atoms with Crippen LogP contribution in [0.4, 0.5) is 0 Å². The van der Waals surface area contributed by atoms with Gasteiger partial charge in [-0.3, -0.25) is 4.79 Å². The summed E-state index contributed by atoms with van der Waals surface area (Å²) in [5.74, 6) is -0.162. The molecule has 66 valence electrons. The van der Waals surface area contributed by atoms with Gasteiger partial charge in [0.25, 0.3) is 0 Å². The Morgan fingerprint density at radius 2 is 2.67 bits per heavy atom. The number of H-pyrrole nitrogens is 1. The summed E-state index contributed by atoms with van der Waals surface area (Å²) in [6.07, 6.45) is 3.70. The SMILES string of the molecule is CNC(=O)[C@@H](N)Cc1cnc[nH]1. The highest BCUT2D eigenvalue weighted by Crippen LogP contribution is 1.95. The highest BCUT2D eigenvalue weighted by molar-refractivity contribution is 5.81. The number of imidazole rings is 1. The van der Waals surface area contributed by atoms with Gasteiger partial charge in [0.1, 0.15) is 0 Å². The zero-order chi connectivity index (χ0) is 8.97. The monoisotopic (exact) mass is 168 g/mol. The first-order valence-electron chi connectivity index (χ1n) is 3.68. The second-order valence-electron chi connectivity index (χ2n) is 2.50. The van der Waals surface area contributed by atoms with Crippen LogP contribution in [0.15, 0.2) is 12.5 Å². The molecule has 0 aliphatic rings. The van der Waals surface area contributed by atoms with Crippen molar-refractivity contribution in [1.82, 2.24) is 15.3 Å². The van der Waals surface area contributed by atoms with Crippen LogP contribution in [0.2, 0.25) is 0 Å². The fourth-order valence-corrected chi connectivity index (χ4v) is 0.911. The van der Waals surface area contributed by atoms with Gasteiger partial charge in [0, 0.05) is 25.4 Å². The lowest BCUT2D eigenvalue weighted by molar-refractivity contribution is -0.121. The van der Waals surface area contributed by atoms with E-state index in [9.17, 15) is 4.79 Å². The van der Waals surface area contributed by atoms with Crippen LogP contribution < -0.4 is 11.1 Å². The number of hydrogen-bond acceptors (Lipinski definition) is 3. The largest absolute Gasteiger partial charge is 0.358 e. The van der Waals surface area contributed by atoms with Gasteiger partial charge in [0.2, 0.25) is 5.91 Å². The van der Waals surface area contributed by atoms with Crippen molar-refractivity contribution in [3.8, 4) is 0 Å². The van der Waals surface area contributed by atoms with Gasteiger partial charge in [-0.2, -0.15) is 0 Å². The molecule has 4 N–H and O–H groups in total. The first-order valence-corrected chi connectivity index (χ1v) is 3.68. The Labute approximate surface area is 70.4 Å². The molecule has 1 amide bonds. The third-order valence-electron chi connectivity index (χ3n) is 1.58. The molecule has 0 aliphatic heterocycles. The van der Waals surface area contributed by atoms with E-state index in [4.69, 9.17) is 5.73 Å². The smallest absolute Gasteiger partial charge is 0.237 e. The van der Waals surface area contributed by atoms with E-state index in [2.05, 4.69) is 15.3 Å². The lowest BCUT2D eigenvalue weighted by Gasteiger charge is -2.07. The summed E-state index contributed by atoms with van der Waals surface area (Å²) >= 11 is 0. The van der Waals surface area contributed by atoms with Gasteiger partial charge < -0.3 is 16.0 Å². The number of likely N-dealkylation sites (N-methyl/N-ethyl adjacent to an activating group) is 1. The highest BCUT2D eigenvalue weighted by Gasteiger charge is 2.12. The molecule has 0 aliphatic carbocycles. The Morgan fingerprint density at radius 1 is 1.92 bits per heavy atom. The first-order chi connectivity index (χ1) is 5.74. The molecule has 0 spiro atoms. The third-order valence-corrected chi connectivity index (χ3v) is 1.58. The molecular weight excluding hydrogens is 156 g/mol. The van der Waals surface area contributed by atoms with Gasteiger partial charge >= 0.3 is 0 Å². The van der Waals surface area contributed by atoms with Crippen molar-refractivity contribution < 1.29 is 4.79 Å². The van der Waals surface area contributed by atoms with Crippen molar-refractivity contribution in [2.24, 2.45) is 5.73 Å². The third kappa shape index (κ3) is 2.06. The highest BCUT2D eigenvalue weighted by atomic mass is 16.2. The Balaban J connectivity index is 2.47. The van der Waals surface area contributed by atoms with Crippen molar-refractivity contribution in [2.45, 2.75) is 12.5 Å². The van der Waals surface area contributed by atoms with Gasteiger partial charge in [0.15, 0.2) is 0 Å². The fourth-order valence-electron chi connectivity index (χ4n) is 0.911. The van der Waals surface area contributed by atoms with Crippen molar-refractivity contribution in [1.29, 1.82) is 0 Å². The summed E-state index contributed by atoms with van der Waals surface area (Å²) in [7, 11) is 1.56. The predicted octanol–water partition coefficient (Wildman–Crippen LogP) is -0.974. The lowest BCUT2D eigenvalue weighted by atomic mass is 10.2. The van der Waals surface area contributed by atoms with E-state index in [-0.39, 0.29) is 5.91 Å². The number of carbonyl (C=O) groups excluding carboxylic acids is 1. The Morgan fingerprint density at radius 3 is 3.17 bits per heavy atom. The number of nitrogens with two attached hydrogens (primary N) is 1. The van der Waals surface area contributed by atoms with Crippen LogP contribution in [0, 0.1) is 0 Å². The molecule has 5 nitrogen and oxygen atoms in total. The Bertz CT molecular complexity index is 244.